The summed E-state index contributed by atoms with van der Waals surface area (Å²) in [6.07, 6.45) is 8.62. The third-order valence-corrected chi connectivity index (χ3v) is 12.6. The van der Waals surface area contributed by atoms with Gasteiger partial charge in [-0.2, -0.15) is 0 Å². The summed E-state index contributed by atoms with van der Waals surface area (Å²) in [6.45, 7) is 6.11. The van der Waals surface area contributed by atoms with Crippen molar-refractivity contribution in [2.75, 3.05) is 58.9 Å². The van der Waals surface area contributed by atoms with E-state index in [-0.39, 0.29) is 23.6 Å². The van der Waals surface area contributed by atoms with Gasteiger partial charge in [-0.15, -0.1) is 4.36 Å². The van der Waals surface area contributed by atoms with E-state index in [4.69, 9.17) is 25.8 Å². The van der Waals surface area contributed by atoms with E-state index in [0.29, 0.717) is 42.3 Å². The van der Waals surface area contributed by atoms with Crippen molar-refractivity contribution in [1.29, 1.82) is 0 Å². The van der Waals surface area contributed by atoms with E-state index in [2.05, 4.69) is 14.0 Å². The summed E-state index contributed by atoms with van der Waals surface area (Å²) in [5, 5.41) is 0.700. The molecule has 1 saturated heterocycles. The highest BCUT2D eigenvalue weighted by atomic mass is 35.5. The van der Waals surface area contributed by atoms with Crippen LogP contribution < -0.4 is 14.4 Å². The zero-order valence-corrected chi connectivity index (χ0v) is 31.3. The van der Waals surface area contributed by atoms with Crippen LogP contribution in [0.5, 0.6) is 5.75 Å². The molecular weight excluding hydrogens is 678 g/mol. The highest BCUT2D eigenvalue weighted by Gasteiger charge is 2.39. The molecule has 4 aliphatic rings. The van der Waals surface area contributed by atoms with Crippen LogP contribution in [0.15, 0.2) is 57.8 Å². The molecule has 11 nitrogen and oxygen atoms in total. The van der Waals surface area contributed by atoms with Crippen LogP contribution in [-0.4, -0.2) is 97.7 Å². The van der Waals surface area contributed by atoms with Crippen molar-refractivity contribution in [2.45, 2.75) is 75.2 Å². The van der Waals surface area contributed by atoms with Crippen LogP contribution in [0.25, 0.3) is 0 Å². The molecule has 50 heavy (non-hydrogen) atoms. The number of nitrogens with zero attached hydrogens (tertiary/aromatic N) is 4. The maximum absolute atomic E-state index is 15.0. The lowest BCUT2D eigenvalue weighted by Gasteiger charge is -2.43. The average molecular weight is 728 g/mol. The number of carbonyl (C=O) groups excluding carboxylic acids is 2. The molecule has 0 aromatic heterocycles. The number of hydrogen-bond acceptors (Lipinski definition) is 8. The van der Waals surface area contributed by atoms with E-state index in [1.54, 1.807) is 44.1 Å². The second-order valence-electron chi connectivity index (χ2n) is 14.5. The molecule has 3 heterocycles. The lowest BCUT2D eigenvalue weighted by Crippen LogP contribution is -2.61. The standard InChI is InChI=1S/C37H50ClN5O6S/c1-37(2)35(44)39-50(46,40-36(45)43-22-29(23-43)41(3)4)30-14-16-34-32(20-30)42(21-26-12-15-31(26)33(47-5)10-8-18-49-37)17-7-6-9-25-19-28(38)13-11-27(25)24-48-34/h8,10-11,13-14,16,19-20,26,29,31,33H,6-7,9,12,15,17-18,21-24H2,1-5H3,(H,39,40,44,45,46)/b10-8+/t26-,31+,33-,50?/m0/s1. The van der Waals surface area contributed by atoms with E-state index < -0.39 is 27.5 Å². The molecule has 2 bridgehead atoms. The third kappa shape index (κ3) is 7.99. The molecule has 3 aliphatic heterocycles. The molecule has 4 atom stereocenters. The summed E-state index contributed by atoms with van der Waals surface area (Å²) in [6, 6.07) is 10.8. The first-order chi connectivity index (χ1) is 23.9. The molecule has 1 aliphatic carbocycles. The van der Waals surface area contributed by atoms with Gasteiger partial charge < -0.3 is 28.9 Å². The van der Waals surface area contributed by atoms with Crippen LogP contribution in [0.3, 0.4) is 0 Å². The Hall–Kier alpha value is -3.16. The molecule has 6 rings (SSSR count). The Morgan fingerprint density at radius 2 is 1.90 bits per heavy atom. The molecule has 0 radical (unpaired) electrons. The van der Waals surface area contributed by atoms with E-state index >= 15 is 4.21 Å². The van der Waals surface area contributed by atoms with Gasteiger partial charge in [0.05, 0.1) is 23.3 Å². The van der Waals surface area contributed by atoms with Crippen molar-refractivity contribution >= 4 is 39.1 Å². The summed E-state index contributed by atoms with van der Waals surface area (Å²) in [5.74, 6) is 0.535. The number of carbonyl (C=O) groups is 2. The summed E-state index contributed by atoms with van der Waals surface area (Å²) < 4.78 is 40.4. The van der Waals surface area contributed by atoms with Gasteiger partial charge in [0, 0.05) is 44.4 Å². The van der Waals surface area contributed by atoms with Gasteiger partial charge in [0.2, 0.25) is 0 Å². The number of rotatable bonds is 3. The highest BCUT2D eigenvalue weighted by molar-refractivity contribution is 7.92. The minimum Gasteiger partial charge on any atom is -0.487 e. The van der Waals surface area contributed by atoms with Crippen LogP contribution in [0, 0.1) is 11.8 Å². The highest BCUT2D eigenvalue weighted by Crippen LogP contribution is 2.42. The van der Waals surface area contributed by atoms with Crippen LogP contribution in [0.1, 0.15) is 50.7 Å². The number of likely N-dealkylation sites (tertiary alicyclic amines) is 1. The summed E-state index contributed by atoms with van der Waals surface area (Å²) in [4.78, 5) is 33.5. The molecule has 272 valence electrons. The predicted molar refractivity (Wildman–Crippen MR) is 195 cm³/mol. The van der Waals surface area contributed by atoms with Crippen LogP contribution in [0.2, 0.25) is 5.02 Å². The number of fused-ring (bicyclic) bond motifs is 3. The molecule has 2 aromatic carbocycles. The second-order valence-corrected chi connectivity index (χ2v) is 16.9. The molecule has 13 heteroatoms. The Kier molecular flexibility index (Phi) is 11.1. The Morgan fingerprint density at radius 1 is 1.10 bits per heavy atom. The normalized spacial score (nSPS) is 28.1. The van der Waals surface area contributed by atoms with Gasteiger partial charge in [-0.3, -0.25) is 4.79 Å². The number of ether oxygens (including phenoxy) is 3. The number of aryl methyl sites for hydroxylation is 1. The Bertz CT molecular complexity index is 1730. The Labute approximate surface area is 301 Å². The minimum absolute atomic E-state index is 0.0958. The zero-order chi connectivity index (χ0) is 35.6. The van der Waals surface area contributed by atoms with Gasteiger partial charge in [0.1, 0.15) is 18.0 Å². The SMILES string of the molecule is CO[C@H]1/C=C/COC(C)(C)C(=O)N=S(=O)(NC(=O)N2CC(N(C)C)C2)c2ccc3c(c2)N(CCCCc2cc(Cl)ccc2CO3)C[C@@H]2CC[C@H]21. The van der Waals surface area contributed by atoms with Crippen molar-refractivity contribution in [1.82, 2.24) is 14.5 Å². The number of methoxy groups -OCH3 is 1. The fourth-order valence-corrected chi connectivity index (χ4v) is 8.83. The Balaban J connectivity index is 1.44. The summed E-state index contributed by atoms with van der Waals surface area (Å²) in [7, 11) is 1.84. The van der Waals surface area contributed by atoms with E-state index in [1.165, 1.54) is 5.56 Å². The van der Waals surface area contributed by atoms with Crippen molar-refractivity contribution in [3.63, 3.8) is 0 Å². The fraction of sp³-hybridized carbons (Fsp3) is 0.568. The molecule has 0 spiro atoms. The number of benzene rings is 2. The lowest BCUT2D eigenvalue weighted by molar-refractivity contribution is -0.137. The van der Waals surface area contributed by atoms with Crippen LogP contribution in [-0.2, 0) is 37.2 Å². The number of likely N-dealkylation sites (N-methyl/N-ethyl adjacent to an activating group) is 1. The quantitative estimate of drug-likeness (QED) is 0.402. The zero-order valence-electron chi connectivity index (χ0n) is 29.7. The van der Waals surface area contributed by atoms with Gasteiger partial charge in [-0.25, -0.2) is 13.7 Å². The van der Waals surface area contributed by atoms with E-state index in [9.17, 15) is 9.59 Å². The molecule has 3 amide bonds. The number of halogens is 1. The van der Waals surface area contributed by atoms with Gasteiger partial charge in [-0.05, 0) is 113 Å². The molecule has 1 unspecified atom stereocenters. The van der Waals surface area contributed by atoms with E-state index in [1.807, 2.05) is 49.3 Å². The first kappa shape index (κ1) is 36.6. The topological polar surface area (TPSA) is 113 Å². The number of amides is 3. The number of nitrogens with one attached hydrogen (secondary N) is 1. The number of anilines is 1. The largest absolute Gasteiger partial charge is 0.487 e. The predicted octanol–water partition coefficient (Wildman–Crippen LogP) is 5.69. The number of hydrogen-bond donors (Lipinski definition) is 1. The Morgan fingerprint density at radius 3 is 2.62 bits per heavy atom. The average Bonchev–Trinajstić information content (AvgIpc) is 3.06. The second kappa shape index (κ2) is 15.2. The molecule has 2 aromatic rings. The first-order valence-electron chi connectivity index (χ1n) is 17.5. The van der Waals surface area contributed by atoms with Gasteiger partial charge in [0.15, 0.2) is 9.92 Å². The van der Waals surface area contributed by atoms with Crippen molar-refractivity contribution in [3.8, 4) is 5.75 Å². The maximum atomic E-state index is 15.0. The lowest BCUT2D eigenvalue weighted by atomic mass is 9.70. The monoisotopic (exact) mass is 727 g/mol. The molecule has 1 N–H and O–H groups in total. The first-order valence-corrected chi connectivity index (χ1v) is 19.4. The van der Waals surface area contributed by atoms with Crippen molar-refractivity contribution < 1.29 is 28.0 Å². The molecule has 1 saturated carbocycles. The van der Waals surface area contributed by atoms with Gasteiger partial charge in [0.25, 0.3) is 5.91 Å². The van der Waals surface area contributed by atoms with Crippen molar-refractivity contribution in [2.24, 2.45) is 16.2 Å². The smallest absolute Gasteiger partial charge is 0.330 e. The summed E-state index contributed by atoms with van der Waals surface area (Å²) >= 11 is 6.38. The van der Waals surface area contributed by atoms with Gasteiger partial charge in [-0.1, -0.05) is 29.8 Å². The molecular formula is C37H50ClN5O6S. The van der Waals surface area contributed by atoms with E-state index in [0.717, 1.165) is 56.4 Å². The minimum atomic E-state index is -3.81. The van der Waals surface area contributed by atoms with Gasteiger partial charge >= 0.3 is 6.03 Å². The molecule has 2 fully saturated rings. The van der Waals surface area contributed by atoms with Crippen LogP contribution in [0.4, 0.5) is 10.5 Å². The summed E-state index contributed by atoms with van der Waals surface area (Å²) in [5.41, 5.74) is 1.57. The maximum Gasteiger partial charge on any atom is 0.330 e. The fourth-order valence-electron chi connectivity index (χ4n) is 7.02. The van der Waals surface area contributed by atoms with Crippen molar-refractivity contribution in [3.05, 3.63) is 64.7 Å². The van der Waals surface area contributed by atoms with Crippen LogP contribution >= 0.6 is 11.6 Å². The number of urea groups is 1. The third-order valence-electron chi connectivity index (χ3n) is 10.6.